The van der Waals surface area contributed by atoms with E-state index in [9.17, 15) is 9.46 Å². The van der Waals surface area contributed by atoms with Crippen molar-refractivity contribution in [2.75, 3.05) is 39.4 Å². The van der Waals surface area contributed by atoms with E-state index in [0.717, 1.165) is 29.8 Å². The van der Waals surface area contributed by atoms with Crippen LogP contribution in [0.5, 0.6) is 0 Å². The molecule has 2 aliphatic rings. The minimum Gasteiger partial charge on any atom is -0.321 e. The van der Waals surface area contributed by atoms with Crippen LogP contribution in [0.2, 0.25) is 0 Å². The zero-order valence-electron chi connectivity index (χ0n) is 21.1. The molecule has 1 atom stereocenters. The summed E-state index contributed by atoms with van der Waals surface area (Å²) in [5.74, 6) is 0.877. The highest BCUT2D eigenvalue weighted by atomic mass is 31.2. The van der Waals surface area contributed by atoms with E-state index in [2.05, 4.69) is 6.92 Å². The van der Waals surface area contributed by atoms with Crippen molar-refractivity contribution in [3.63, 3.8) is 0 Å². The van der Waals surface area contributed by atoms with Crippen molar-refractivity contribution in [1.29, 1.82) is 0 Å². The minimum atomic E-state index is -3.88. The van der Waals surface area contributed by atoms with Gasteiger partial charge in [-0.1, -0.05) is 103 Å². The van der Waals surface area contributed by atoms with Crippen molar-refractivity contribution in [3.8, 4) is 0 Å². The van der Waals surface area contributed by atoms with E-state index in [1.807, 2.05) is 0 Å². The van der Waals surface area contributed by atoms with Gasteiger partial charge in [-0.2, -0.15) is 0 Å². The molecule has 0 radical (unpaired) electrons. The summed E-state index contributed by atoms with van der Waals surface area (Å²) >= 11 is 0. The molecule has 0 amide bonds. The molecule has 0 aromatic carbocycles. The number of quaternary nitrogens is 1. The van der Waals surface area contributed by atoms with Gasteiger partial charge in [-0.15, -0.1) is 0 Å². The third kappa shape index (κ3) is 12.5. The van der Waals surface area contributed by atoms with Gasteiger partial charge in [-0.3, -0.25) is 9.05 Å². The van der Waals surface area contributed by atoms with Crippen molar-refractivity contribution in [2.45, 2.75) is 122 Å². The molecule has 6 heteroatoms. The highest BCUT2D eigenvalue weighted by Gasteiger charge is 2.44. The van der Waals surface area contributed by atoms with Gasteiger partial charge in [-0.05, 0) is 6.42 Å². The maximum absolute atomic E-state index is 12.1. The van der Waals surface area contributed by atoms with Crippen LogP contribution in [-0.4, -0.2) is 48.8 Å². The Labute approximate surface area is 198 Å². The number of unbranched alkanes of at least 4 members (excludes halogenated alkanes) is 15. The number of rotatable bonds is 22. The first-order valence-corrected chi connectivity index (χ1v) is 15.5. The maximum Gasteiger partial charge on any atom is 0.472 e. The molecule has 2 aliphatic heterocycles. The number of piperidine rings is 1. The molecule has 32 heavy (non-hydrogen) atoms. The summed E-state index contributed by atoms with van der Waals surface area (Å²) in [7, 11) is -3.88. The fourth-order valence-corrected chi connectivity index (χ4v) is 6.36. The first-order chi connectivity index (χ1) is 15.6. The Kier molecular flexibility index (Phi) is 14.7. The molecule has 2 heterocycles. The second kappa shape index (κ2) is 16.7. The third-order valence-corrected chi connectivity index (χ3v) is 8.76. The molecule has 0 saturated carbocycles. The van der Waals surface area contributed by atoms with Gasteiger partial charge in [-0.25, -0.2) is 4.57 Å². The van der Waals surface area contributed by atoms with Crippen molar-refractivity contribution >= 4 is 7.82 Å². The van der Waals surface area contributed by atoms with Crippen LogP contribution in [0.1, 0.15) is 122 Å². The van der Waals surface area contributed by atoms with Gasteiger partial charge in [0.2, 0.25) is 0 Å². The number of hydrogen-bond acceptors (Lipinski definition) is 3. The summed E-state index contributed by atoms with van der Waals surface area (Å²) in [6.07, 6.45) is 23.8. The fourth-order valence-electron chi connectivity index (χ4n) is 5.61. The molecule has 2 rings (SSSR count). The molecule has 2 bridgehead atoms. The molecule has 1 N–H and O–H groups in total. The van der Waals surface area contributed by atoms with Gasteiger partial charge in [0.15, 0.2) is 0 Å². The molecule has 0 aromatic rings. The van der Waals surface area contributed by atoms with Crippen molar-refractivity contribution in [3.05, 3.63) is 0 Å². The molecule has 1 unspecified atom stereocenters. The van der Waals surface area contributed by atoms with Crippen LogP contribution < -0.4 is 0 Å². The van der Waals surface area contributed by atoms with E-state index in [4.69, 9.17) is 9.05 Å². The molecule has 2 fully saturated rings. The van der Waals surface area contributed by atoms with E-state index in [0.29, 0.717) is 13.2 Å². The maximum atomic E-state index is 12.1. The van der Waals surface area contributed by atoms with Crippen LogP contribution >= 0.6 is 7.82 Å². The molecule has 0 aliphatic carbocycles. The zero-order valence-corrected chi connectivity index (χ0v) is 22.0. The van der Waals surface area contributed by atoms with E-state index >= 15 is 0 Å². The smallest absolute Gasteiger partial charge is 0.321 e. The van der Waals surface area contributed by atoms with Crippen molar-refractivity contribution in [2.24, 2.45) is 5.92 Å². The Balaban J connectivity index is 1.29. The van der Waals surface area contributed by atoms with Crippen LogP contribution in [0.4, 0.5) is 0 Å². The SMILES string of the molecule is CCCCCCCCCCCCCCCCCCOP(=O)(O)OCC[N+]12CCC(CC1)C2. The van der Waals surface area contributed by atoms with Gasteiger partial charge >= 0.3 is 7.82 Å². The van der Waals surface area contributed by atoms with E-state index in [1.54, 1.807) is 0 Å². The molecular formula is C26H53NO4P+. The Morgan fingerprint density at radius 2 is 1.16 bits per heavy atom. The molecule has 5 nitrogen and oxygen atoms in total. The molecule has 190 valence electrons. The molecular weight excluding hydrogens is 421 g/mol. The Morgan fingerprint density at radius 1 is 0.719 bits per heavy atom. The van der Waals surface area contributed by atoms with Crippen LogP contribution in [0.15, 0.2) is 0 Å². The monoisotopic (exact) mass is 474 g/mol. The van der Waals surface area contributed by atoms with Gasteiger partial charge in [0.25, 0.3) is 0 Å². The van der Waals surface area contributed by atoms with Crippen LogP contribution in [0, 0.1) is 5.92 Å². The minimum absolute atomic E-state index is 0.328. The first kappa shape index (κ1) is 28.3. The van der Waals surface area contributed by atoms with Crippen LogP contribution in [0.25, 0.3) is 0 Å². The summed E-state index contributed by atoms with van der Waals surface area (Å²) < 4.78 is 23.6. The Morgan fingerprint density at radius 3 is 1.59 bits per heavy atom. The fraction of sp³-hybridized carbons (Fsp3) is 1.00. The summed E-state index contributed by atoms with van der Waals surface area (Å²) in [4.78, 5) is 9.89. The molecule has 0 aromatic heterocycles. The quantitative estimate of drug-likeness (QED) is 0.0996. The number of nitrogens with zero attached hydrogens (tertiary/aromatic N) is 1. The highest BCUT2D eigenvalue weighted by Crippen LogP contribution is 2.44. The van der Waals surface area contributed by atoms with E-state index in [-0.39, 0.29) is 0 Å². The lowest BCUT2D eigenvalue weighted by Crippen LogP contribution is -2.45. The number of fused-ring (bicyclic) bond motifs is 2. The van der Waals surface area contributed by atoms with Crippen LogP contribution in [-0.2, 0) is 13.6 Å². The lowest BCUT2D eigenvalue weighted by molar-refractivity contribution is -0.909. The zero-order chi connectivity index (χ0) is 23.0. The van der Waals surface area contributed by atoms with Gasteiger partial charge in [0, 0.05) is 18.8 Å². The summed E-state index contributed by atoms with van der Waals surface area (Å²) in [5.41, 5.74) is 0. The largest absolute Gasteiger partial charge is 0.472 e. The predicted molar refractivity (Wildman–Crippen MR) is 134 cm³/mol. The standard InChI is InChI=1S/C26H52NO4P/c1-2-3-4-5-6-7-8-9-10-11-12-13-14-15-16-17-23-30-32(28,29)31-24-22-27-20-18-26(25-27)19-21-27/h26H,2-25H2,1H3/p+1. The Bertz CT molecular complexity index is 508. The Hall–Kier alpha value is 0.0700. The average molecular weight is 475 g/mol. The number of phosphoric ester groups is 1. The number of phosphoric acid groups is 1. The summed E-state index contributed by atoms with van der Waals surface area (Å²) in [6, 6.07) is 0. The van der Waals surface area contributed by atoms with Gasteiger partial charge < -0.3 is 9.38 Å². The van der Waals surface area contributed by atoms with E-state index in [1.165, 1.54) is 122 Å². The second-order valence-electron chi connectivity index (χ2n) is 10.6. The first-order valence-electron chi connectivity index (χ1n) is 14.0. The van der Waals surface area contributed by atoms with Crippen LogP contribution in [0.3, 0.4) is 0 Å². The molecule has 0 spiro atoms. The van der Waals surface area contributed by atoms with Crippen molar-refractivity contribution in [1.82, 2.24) is 0 Å². The lowest BCUT2D eigenvalue weighted by atomic mass is 10.0. The normalized spacial score (nSPS) is 24.2. The van der Waals surface area contributed by atoms with E-state index < -0.39 is 7.82 Å². The predicted octanol–water partition coefficient (Wildman–Crippen LogP) is 7.62. The number of hydrogen-bond donors (Lipinski definition) is 1. The summed E-state index contributed by atoms with van der Waals surface area (Å²) in [6.45, 7) is 7.45. The second-order valence-corrected chi connectivity index (χ2v) is 12.0. The van der Waals surface area contributed by atoms with Gasteiger partial charge in [0.05, 0.1) is 26.2 Å². The average Bonchev–Trinajstić information content (AvgIpc) is 3.37. The van der Waals surface area contributed by atoms with Gasteiger partial charge in [0.1, 0.15) is 13.2 Å². The molecule has 2 saturated heterocycles. The highest BCUT2D eigenvalue weighted by molar-refractivity contribution is 7.47. The topological polar surface area (TPSA) is 55.8 Å². The van der Waals surface area contributed by atoms with Crippen molar-refractivity contribution < 1.29 is 23.0 Å². The third-order valence-electron chi connectivity index (χ3n) is 7.74. The lowest BCUT2D eigenvalue weighted by Gasteiger charge is -2.31. The summed E-state index contributed by atoms with van der Waals surface area (Å²) in [5, 5.41) is 0.